The molecule has 4 fully saturated rings. The van der Waals surface area contributed by atoms with Gasteiger partial charge in [0, 0.05) is 56.3 Å². The first kappa shape index (κ1) is 38.7. The maximum atomic E-state index is 16.8. The lowest BCUT2D eigenvalue weighted by Gasteiger charge is -2.39. The molecule has 4 aliphatic rings. The molecule has 5 atom stereocenters. The minimum Gasteiger partial charge on any atom is -0.461 e. The zero-order valence-corrected chi connectivity index (χ0v) is 32.2. The largest absolute Gasteiger partial charge is 0.461 e. The van der Waals surface area contributed by atoms with Crippen LogP contribution in [0.25, 0.3) is 32.9 Å². The zero-order chi connectivity index (χ0) is 40.4. The van der Waals surface area contributed by atoms with Crippen molar-refractivity contribution in [3.8, 4) is 17.3 Å². The highest BCUT2D eigenvalue weighted by molar-refractivity contribution is 5.99. The lowest BCUT2D eigenvalue weighted by Crippen LogP contribution is -2.51. The number of hydrogen-bond acceptors (Lipinski definition) is 9. The minimum absolute atomic E-state index is 0.00162. The summed E-state index contributed by atoms with van der Waals surface area (Å²) in [5.74, 6) is -3.60. The summed E-state index contributed by atoms with van der Waals surface area (Å²) in [4.78, 5) is 45.7. The maximum Gasteiger partial charge on any atom is 0.410 e. The Morgan fingerprint density at radius 3 is 2.60 bits per heavy atom. The number of aromatic nitrogens is 3. The molecule has 0 bridgehead atoms. The fourth-order valence-electron chi connectivity index (χ4n) is 8.60. The highest BCUT2D eigenvalue weighted by atomic mass is 19.2. The van der Waals surface area contributed by atoms with E-state index < -0.39 is 59.0 Å². The molecule has 2 aromatic carbocycles. The van der Waals surface area contributed by atoms with E-state index in [2.05, 4.69) is 19.9 Å². The molecule has 8 rings (SSSR count). The van der Waals surface area contributed by atoms with Crippen LogP contribution in [0.3, 0.4) is 0 Å². The van der Waals surface area contributed by atoms with Crippen LogP contribution in [0, 0.1) is 17.5 Å². The summed E-state index contributed by atoms with van der Waals surface area (Å²) >= 11 is 0. The number of pyridine rings is 1. The van der Waals surface area contributed by atoms with Gasteiger partial charge in [-0.2, -0.15) is 9.97 Å². The van der Waals surface area contributed by atoms with Gasteiger partial charge in [-0.05, 0) is 58.0 Å². The number of halogens is 5. The Balaban J connectivity index is 1.10. The summed E-state index contributed by atoms with van der Waals surface area (Å²) in [6.07, 6.45) is 3.68. The number of anilines is 1. The van der Waals surface area contributed by atoms with Crippen molar-refractivity contribution in [3.05, 3.63) is 66.1 Å². The predicted molar refractivity (Wildman–Crippen MR) is 203 cm³/mol. The number of rotatable bonds is 8. The van der Waals surface area contributed by atoms with Crippen molar-refractivity contribution in [2.45, 2.75) is 82.0 Å². The molecule has 0 aliphatic carbocycles. The molecule has 11 nitrogen and oxygen atoms in total. The van der Waals surface area contributed by atoms with Gasteiger partial charge >= 0.3 is 12.1 Å². The van der Waals surface area contributed by atoms with Crippen LogP contribution in [0.4, 0.5) is 32.6 Å². The van der Waals surface area contributed by atoms with Crippen molar-refractivity contribution in [2.75, 3.05) is 51.3 Å². The van der Waals surface area contributed by atoms with E-state index in [4.69, 9.17) is 9.47 Å². The average molecular weight is 794 g/mol. The Bertz CT molecular complexity index is 2270. The first-order valence-corrected chi connectivity index (χ1v) is 19.2. The van der Waals surface area contributed by atoms with Crippen LogP contribution in [-0.2, 0) is 9.53 Å². The lowest BCUT2D eigenvalue weighted by molar-refractivity contribution is -0.125. The molecule has 6 heterocycles. The number of ether oxygens (including phenoxy) is 2. The summed E-state index contributed by atoms with van der Waals surface area (Å²) in [6.45, 7) is 6.57. The third-order valence-electron chi connectivity index (χ3n) is 11.6. The van der Waals surface area contributed by atoms with Crippen LogP contribution in [0.1, 0.15) is 46.5 Å². The van der Waals surface area contributed by atoms with Crippen molar-refractivity contribution in [1.82, 2.24) is 29.7 Å². The van der Waals surface area contributed by atoms with Gasteiger partial charge in [0.2, 0.25) is 5.91 Å². The maximum absolute atomic E-state index is 16.8. The van der Waals surface area contributed by atoms with Crippen LogP contribution in [0.5, 0.6) is 6.01 Å². The van der Waals surface area contributed by atoms with E-state index in [1.807, 2.05) is 0 Å². The molecule has 16 heteroatoms. The van der Waals surface area contributed by atoms with E-state index >= 15 is 13.2 Å². The van der Waals surface area contributed by atoms with Gasteiger partial charge in [-0.3, -0.25) is 14.7 Å². The van der Waals surface area contributed by atoms with Gasteiger partial charge < -0.3 is 24.2 Å². The number of benzene rings is 2. The third kappa shape index (κ3) is 7.21. The Kier molecular flexibility index (Phi) is 9.97. The molecule has 2 aromatic heterocycles. The summed E-state index contributed by atoms with van der Waals surface area (Å²) in [7, 11) is 1.57. The first-order chi connectivity index (χ1) is 27.1. The van der Waals surface area contributed by atoms with Crippen molar-refractivity contribution < 1.29 is 41.0 Å². The standard InChI is InChI=1S/C41H44F5N7O4/c1-40(2,3)57-39(55)53-16-13-25(53)10-12-31(54)51-20-29(44)30(21-51)50(4)37-27-18-47-35(26-8-5-7-23-9-11-28(43)33(45)32(23)26)34(46)36(27)48-38(49-37)56-22-41-14-6-15-52(41)19-24(42)17-41/h5,7-12,18,24-25,29-30H,6,13-17,19-22H2,1-4H3/b12-10+/t24-,25+,29+,30+,41+/m1/s1. The Morgan fingerprint density at radius 2 is 1.84 bits per heavy atom. The van der Waals surface area contributed by atoms with Gasteiger partial charge in [0.15, 0.2) is 17.5 Å². The monoisotopic (exact) mass is 793 g/mol. The SMILES string of the molecule is CN(c1nc(OC[C@@]23CCCN2C[C@H](F)C3)nc2c(F)c(-c3cccc4ccc(F)c(F)c34)ncc12)[C@H]1CN(C(=O)/C=C/[C@H]2CCN2C(=O)OC(C)(C)C)C[C@@H]1F. The number of carbonyl (C=O) groups is 2. The van der Waals surface area contributed by atoms with Gasteiger partial charge in [0.05, 0.1) is 29.6 Å². The van der Waals surface area contributed by atoms with E-state index in [9.17, 15) is 18.4 Å². The van der Waals surface area contributed by atoms with Crippen molar-refractivity contribution in [2.24, 2.45) is 0 Å². The molecule has 0 unspecified atom stereocenters. The van der Waals surface area contributed by atoms with Crippen LogP contribution in [0.2, 0.25) is 0 Å². The number of fused-ring (bicyclic) bond motifs is 3. The van der Waals surface area contributed by atoms with Gasteiger partial charge in [-0.25, -0.2) is 26.7 Å². The number of nitrogens with zero attached hydrogens (tertiary/aromatic N) is 7. The van der Waals surface area contributed by atoms with E-state index in [0.29, 0.717) is 24.8 Å². The summed E-state index contributed by atoms with van der Waals surface area (Å²) in [5, 5.41) is 0.265. The van der Waals surface area contributed by atoms with Crippen molar-refractivity contribution in [3.63, 3.8) is 0 Å². The molecule has 302 valence electrons. The quantitative estimate of drug-likeness (QED) is 0.141. The average Bonchev–Trinajstić information content (AvgIpc) is 3.82. The van der Waals surface area contributed by atoms with E-state index in [0.717, 1.165) is 19.0 Å². The highest BCUT2D eigenvalue weighted by Gasteiger charge is 2.49. The fourth-order valence-corrected chi connectivity index (χ4v) is 8.60. The topological polar surface area (TPSA) is 104 Å². The number of alkyl halides is 2. The van der Waals surface area contributed by atoms with Crippen molar-refractivity contribution in [1.29, 1.82) is 0 Å². The van der Waals surface area contributed by atoms with Gasteiger partial charge in [0.1, 0.15) is 41.6 Å². The zero-order valence-electron chi connectivity index (χ0n) is 32.2. The van der Waals surface area contributed by atoms with Gasteiger partial charge in [-0.1, -0.05) is 30.3 Å². The van der Waals surface area contributed by atoms with Crippen LogP contribution in [0.15, 0.2) is 48.7 Å². The van der Waals surface area contributed by atoms with E-state index in [1.54, 1.807) is 46.0 Å². The highest BCUT2D eigenvalue weighted by Crippen LogP contribution is 2.41. The summed E-state index contributed by atoms with van der Waals surface area (Å²) in [6, 6.07) is 5.46. The molecule has 4 saturated heterocycles. The molecule has 0 N–H and O–H groups in total. The molecule has 0 saturated carbocycles. The number of amides is 2. The molecule has 0 spiro atoms. The molecule has 2 amide bonds. The molecule has 0 radical (unpaired) electrons. The number of likely N-dealkylation sites (tertiary alicyclic amines) is 2. The first-order valence-electron chi connectivity index (χ1n) is 19.2. The molecule has 4 aliphatic heterocycles. The minimum atomic E-state index is -1.54. The normalized spacial score (nSPS) is 25.1. The summed E-state index contributed by atoms with van der Waals surface area (Å²) in [5.41, 5.74) is -1.80. The third-order valence-corrected chi connectivity index (χ3v) is 11.6. The molecule has 57 heavy (non-hydrogen) atoms. The second-order valence-corrected chi connectivity index (χ2v) is 16.5. The van der Waals surface area contributed by atoms with E-state index in [-0.39, 0.29) is 78.1 Å². The summed E-state index contributed by atoms with van der Waals surface area (Å²) < 4.78 is 88.7. The van der Waals surface area contributed by atoms with Crippen LogP contribution < -0.4 is 9.64 Å². The smallest absolute Gasteiger partial charge is 0.410 e. The predicted octanol–water partition coefficient (Wildman–Crippen LogP) is 6.77. The van der Waals surface area contributed by atoms with Crippen molar-refractivity contribution >= 4 is 39.5 Å². The van der Waals surface area contributed by atoms with E-state index in [1.165, 1.54) is 39.1 Å². The number of carbonyl (C=O) groups excluding carboxylic acids is 2. The molecular formula is C41H44F5N7O4. The lowest BCUT2D eigenvalue weighted by atomic mass is 9.95. The molecular weight excluding hydrogens is 749 g/mol. The number of hydrogen-bond donors (Lipinski definition) is 0. The Morgan fingerprint density at radius 1 is 1.04 bits per heavy atom. The Hall–Kier alpha value is -5.12. The molecule has 4 aromatic rings. The number of likely N-dealkylation sites (N-methyl/N-ethyl adjacent to an activating group) is 1. The second kappa shape index (κ2) is 14.7. The van der Waals surface area contributed by atoms with Gasteiger partial charge in [-0.15, -0.1) is 0 Å². The van der Waals surface area contributed by atoms with Crippen LogP contribution in [-0.4, -0.2) is 124 Å². The Labute approximate surface area is 326 Å². The second-order valence-electron chi connectivity index (χ2n) is 16.5. The van der Waals surface area contributed by atoms with Crippen LogP contribution >= 0.6 is 0 Å². The fraction of sp³-hybridized carbons (Fsp3) is 0.488. The van der Waals surface area contributed by atoms with Gasteiger partial charge in [0.25, 0.3) is 0 Å².